The number of hydrogen-bond acceptors (Lipinski definition) is 3. The maximum Gasteiger partial charge on any atom is 0.144 e. The van der Waals surface area contributed by atoms with Crippen LogP contribution >= 0.6 is 28.1 Å². The van der Waals surface area contributed by atoms with Crippen LogP contribution < -0.4 is 0 Å². The summed E-state index contributed by atoms with van der Waals surface area (Å²) in [4.78, 5) is 7.89. The fourth-order valence-corrected chi connectivity index (χ4v) is 3.09. The molecule has 1 fully saturated rings. The Labute approximate surface area is 128 Å². The molecule has 2 rings (SSSR count). The first-order valence-corrected chi connectivity index (χ1v) is 7.82. The number of halogens is 1. The van der Waals surface area contributed by atoms with Gasteiger partial charge in [0.1, 0.15) is 16.1 Å². The molecule has 1 aromatic heterocycles. The molecule has 0 bridgehead atoms. The van der Waals surface area contributed by atoms with Gasteiger partial charge in [-0.15, -0.1) is 0 Å². The van der Waals surface area contributed by atoms with Crippen molar-refractivity contribution in [3.8, 4) is 0 Å². The number of nitrogens with one attached hydrogen (secondary N) is 1. The monoisotopic (exact) mass is 344 g/mol. The lowest BCUT2D eigenvalue weighted by molar-refractivity contribution is -0.0731. The average molecular weight is 345 g/mol. The first-order chi connectivity index (χ1) is 8.80. The molecule has 0 atom stereocenters. The highest BCUT2D eigenvalue weighted by Gasteiger charge is 2.41. The molecule has 1 aliphatic carbocycles. The summed E-state index contributed by atoms with van der Waals surface area (Å²) >= 11 is 8.76. The third-order valence-corrected chi connectivity index (χ3v) is 5.80. The van der Waals surface area contributed by atoms with E-state index in [0.717, 1.165) is 41.7 Å². The summed E-state index contributed by atoms with van der Waals surface area (Å²) in [7, 11) is 1.77. The Bertz CT molecular complexity index is 529. The molecule has 19 heavy (non-hydrogen) atoms. The highest BCUT2D eigenvalue weighted by atomic mass is 79.9. The Kier molecular flexibility index (Phi) is 4.19. The fraction of sp³-hybridized carbons (Fsp3) is 0.714. The number of aromatic nitrogens is 2. The molecule has 0 saturated heterocycles. The number of nitrogens with zero attached hydrogens (tertiary/aromatic N) is 1. The van der Waals surface area contributed by atoms with Gasteiger partial charge in [-0.1, -0.05) is 26.1 Å². The van der Waals surface area contributed by atoms with E-state index in [2.05, 4.69) is 39.7 Å². The number of methoxy groups -OCH3 is 1. The highest BCUT2D eigenvalue weighted by molar-refractivity contribution is 9.10. The summed E-state index contributed by atoms with van der Waals surface area (Å²) in [5.74, 6) is 0.871. The van der Waals surface area contributed by atoms with Crippen molar-refractivity contribution in [2.45, 2.75) is 52.1 Å². The molecule has 3 nitrogen and oxygen atoms in total. The van der Waals surface area contributed by atoms with Crippen LogP contribution in [-0.2, 0) is 10.3 Å². The fourth-order valence-electron chi connectivity index (χ4n) is 2.66. The van der Waals surface area contributed by atoms with Gasteiger partial charge in [0.05, 0.1) is 4.47 Å². The number of aromatic amines is 1. The van der Waals surface area contributed by atoms with Crippen molar-refractivity contribution in [2.75, 3.05) is 7.11 Å². The zero-order chi connectivity index (χ0) is 14.3. The molecule has 0 aromatic carbocycles. The Hall–Kier alpha value is -0.260. The Morgan fingerprint density at radius 2 is 1.84 bits per heavy atom. The molecule has 0 unspecified atom stereocenters. The van der Waals surface area contributed by atoms with E-state index in [1.807, 2.05) is 6.92 Å². The highest BCUT2D eigenvalue weighted by Crippen LogP contribution is 2.46. The number of hydrogen-bond donors (Lipinski definition) is 1. The summed E-state index contributed by atoms with van der Waals surface area (Å²) in [5, 5.41) is 0. The molecular weight excluding hydrogens is 324 g/mol. The van der Waals surface area contributed by atoms with Gasteiger partial charge in [0.15, 0.2) is 0 Å². The third kappa shape index (κ3) is 2.93. The lowest BCUT2D eigenvalue weighted by Crippen LogP contribution is -2.38. The van der Waals surface area contributed by atoms with Crippen molar-refractivity contribution in [1.82, 2.24) is 9.97 Å². The van der Waals surface area contributed by atoms with Crippen LogP contribution in [0.25, 0.3) is 0 Å². The molecule has 1 aromatic rings. The smallest absolute Gasteiger partial charge is 0.144 e. The van der Waals surface area contributed by atoms with E-state index in [9.17, 15) is 0 Å². The maximum atomic E-state index is 5.85. The molecule has 1 heterocycles. The van der Waals surface area contributed by atoms with E-state index >= 15 is 0 Å². The SMILES string of the molecule is COC1(c2nc(=S)c(Br)c(C)[nH]2)CCC(C)(C)CC1. The summed E-state index contributed by atoms with van der Waals surface area (Å²) in [6.45, 7) is 6.63. The maximum absolute atomic E-state index is 5.85. The van der Waals surface area contributed by atoms with Crippen LogP contribution in [0.5, 0.6) is 0 Å². The summed E-state index contributed by atoms with van der Waals surface area (Å²) < 4.78 is 7.33. The van der Waals surface area contributed by atoms with Crippen molar-refractivity contribution >= 4 is 28.1 Å². The van der Waals surface area contributed by atoms with Gasteiger partial charge in [-0.3, -0.25) is 0 Å². The van der Waals surface area contributed by atoms with Gasteiger partial charge in [0.2, 0.25) is 0 Å². The van der Waals surface area contributed by atoms with Crippen molar-refractivity contribution in [2.24, 2.45) is 5.41 Å². The second-order valence-electron chi connectivity index (χ2n) is 6.19. The predicted molar refractivity (Wildman–Crippen MR) is 82.8 cm³/mol. The summed E-state index contributed by atoms with van der Waals surface area (Å²) in [6.07, 6.45) is 4.24. The zero-order valence-electron chi connectivity index (χ0n) is 12.0. The largest absolute Gasteiger partial charge is 0.370 e. The van der Waals surface area contributed by atoms with Crippen LogP contribution in [0.1, 0.15) is 51.0 Å². The van der Waals surface area contributed by atoms with E-state index in [1.165, 1.54) is 0 Å². The first-order valence-electron chi connectivity index (χ1n) is 6.62. The Morgan fingerprint density at radius 1 is 1.26 bits per heavy atom. The van der Waals surface area contributed by atoms with Crippen LogP contribution in [0.2, 0.25) is 0 Å². The first kappa shape index (κ1) is 15.1. The molecule has 1 saturated carbocycles. The molecule has 0 radical (unpaired) electrons. The molecular formula is C14H21BrN2OS. The normalized spacial score (nSPS) is 21.3. The number of aryl methyl sites for hydroxylation is 1. The van der Waals surface area contributed by atoms with E-state index < -0.39 is 0 Å². The van der Waals surface area contributed by atoms with E-state index in [-0.39, 0.29) is 5.60 Å². The molecule has 5 heteroatoms. The molecule has 0 aliphatic heterocycles. The third-order valence-electron chi connectivity index (χ3n) is 4.27. The predicted octanol–water partition coefficient (Wildman–Crippen LogP) is 4.65. The summed E-state index contributed by atoms with van der Waals surface area (Å²) in [6, 6.07) is 0. The van der Waals surface area contributed by atoms with Gasteiger partial charge >= 0.3 is 0 Å². The van der Waals surface area contributed by atoms with Crippen LogP contribution in [0.3, 0.4) is 0 Å². The lowest BCUT2D eigenvalue weighted by Gasteiger charge is -2.42. The van der Waals surface area contributed by atoms with Gasteiger partial charge in [-0.05, 0) is 54.0 Å². The van der Waals surface area contributed by atoms with Crippen LogP contribution in [0.4, 0.5) is 0 Å². The van der Waals surface area contributed by atoms with Gasteiger partial charge in [0.25, 0.3) is 0 Å². The van der Waals surface area contributed by atoms with E-state index in [1.54, 1.807) is 7.11 Å². The zero-order valence-corrected chi connectivity index (χ0v) is 14.4. The minimum Gasteiger partial charge on any atom is -0.370 e. The van der Waals surface area contributed by atoms with Crippen molar-refractivity contribution in [3.05, 3.63) is 20.6 Å². The quantitative estimate of drug-likeness (QED) is 0.793. The molecule has 0 amide bonds. The topological polar surface area (TPSA) is 37.9 Å². The van der Waals surface area contributed by atoms with E-state index in [4.69, 9.17) is 17.0 Å². The van der Waals surface area contributed by atoms with Gasteiger partial charge in [-0.2, -0.15) is 0 Å². The van der Waals surface area contributed by atoms with Crippen molar-refractivity contribution < 1.29 is 4.74 Å². The van der Waals surface area contributed by atoms with Crippen LogP contribution in [0, 0.1) is 17.0 Å². The minimum absolute atomic E-state index is 0.311. The molecule has 106 valence electrons. The second kappa shape index (κ2) is 5.26. The molecule has 0 spiro atoms. The van der Waals surface area contributed by atoms with Crippen LogP contribution in [-0.4, -0.2) is 17.1 Å². The number of rotatable bonds is 2. The lowest BCUT2D eigenvalue weighted by atomic mass is 9.70. The minimum atomic E-state index is -0.311. The van der Waals surface area contributed by atoms with E-state index in [0.29, 0.717) is 10.1 Å². The van der Waals surface area contributed by atoms with Gasteiger partial charge < -0.3 is 9.72 Å². The Morgan fingerprint density at radius 3 is 2.32 bits per heavy atom. The second-order valence-corrected chi connectivity index (χ2v) is 7.37. The van der Waals surface area contributed by atoms with Crippen molar-refractivity contribution in [1.29, 1.82) is 0 Å². The summed E-state index contributed by atoms with van der Waals surface area (Å²) in [5.41, 5.74) is 1.09. The van der Waals surface area contributed by atoms with Gasteiger partial charge in [-0.25, -0.2) is 4.98 Å². The van der Waals surface area contributed by atoms with Gasteiger partial charge in [0, 0.05) is 12.8 Å². The molecule has 1 N–H and O–H groups in total. The number of ether oxygens (including phenoxy) is 1. The van der Waals surface area contributed by atoms with Crippen LogP contribution in [0.15, 0.2) is 4.47 Å². The Balaban J connectivity index is 2.41. The average Bonchev–Trinajstić information content (AvgIpc) is 2.36. The molecule has 1 aliphatic rings. The number of H-pyrrole nitrogens is 1. The van der Waals surface area contributed by atoms with Crippen molar-refractivity contribution in [3.63, 3.8) is 0 Å². The standard InChI is InChI=1S/C14H21BrN2OS/c1-9-10(15)11(19)17-12(16-9)14(18-4)7-5-13(2,3)6-8-14/h5-8H2,1-4H3,(H,16,17,19).